The van der Waals surface area contributed by atoms with Crippen molar-refractivity contribution in [2.24, 2.45) is 0 Å². The Balaban J connectivity index is 2.81. The highest BCUT2D eigenvalue weighted by Crippen LogP contribution is 1.82. The summed E-state index contributed by atoms with van der Waals surface area (Å²) in [7, 11) is 1.62. The fraction of sp³-hybridized carbons (Fsp3) is 1.00. The van der Waals surface area contributed by atoms with Crippen LogP contribution in [0, 0.1) is 0 Å². The van der Waals surface area contributed by atoms with Crippen LogP contribution in [0.15, 0.2) is 0 Å². The van der Waals surface area contributed by atoms with Crippen LogP contribution in [0.25, 0.3) is 0 Å². The lowest BCUT2D eigenvalue weighted by atomic mass is 10.8. The fourth-order valence-electron chi connectivity index (χ4n) is 0.678. The van der Waals surface area contributed by atoms with Gasteiger partial charge in [0.1, 0.15) is 13.6 Å². The van der Waals surface area contributed by atoms with Crippen molar-refractivity contribution in [1.82, 2.24) is 0 Å². The second-order valence-electron chi connectivity index (χ2n) is 2.59. The Kier molecular flexibility index (Phi) is 13.5. The first-order valence-electron chi connectivity index (χ1n) is 4.82. The van der Waals surface area contributed by atoms with Crippen molar-refractivity contribution < 1.29 is 28.8 Å². The van der Waals surface area contributed by atoms with E-state index in [2.05, 4.69) is 0 Å². The average molecular weight is 224 g/mol. The Morgan fingerprint density at radius 1 is 0.733 bits per heavy atom. The zero-order valence-corrected chi connectivity index (χ0v) is 9.15. The molecule has 0 unspecified atom stereocenters. The summed E-state index contributed by atoms with van der Waals surface area (Å²) in [5.74, 6) is 0. The summed E-state index contributed by atoms with van der Waals surface area (Å²) >= 11 is 0. The third-order valence-electron chi connectivity index (χ3n) is 1.37. The number of methoxy groups -OCH3 is 1. The summed E-state index contributed by atoms with van der Waals surface area (Å²) in [6, 6.07) is 0. The molecule has 0 aromatic rings. The molecular formula is C9H20O6. The monoisotopic (exact) mass is 224 g/mol. The lowest BCUT2D eigenvalue weighted by Crippen LogP contribution is -2.11. The molecule has 0 spiro atoms. The quantitative estimate of drug-likeness (QED) is 0.359. The third kappa shape index (κ3) is 13.8. The van der Waals surface area contributed by atoms with E-state index in [1.807, 2.05) is 0 Å². The van der Waals surface area contributed by atoms with Crippen LogP contribution < -0.4 is 0 Å². The van der Waals surface area contributed by atoms with E-state index in [4.69, 9.17) is 28.8 Å². The van der Waals surface area contributed by atoms with Crippen molar-refractivity contribution in [2.75, 3.05) is 60.3 Å². The number of rotatable bonds is 12. The molecule has 0 saturated carbocycles. The Morgan fingerprint density at radius 2 is 1.20 bits per heavy atom. The predicted octanol–water partition coefficient (Wildman–Crippen LogP) is -0.393. The van der Waals surface area contributed by atoms with Crippen LogP contribution in [0.3, 0.4) is 0 Å². The summed E-state index contributed by atoms with van der Waals surface area (Å²) < 4.78 is 24.8. The maximum Gasteiger partial charge on any atom is 0.146 e. The van der Waals surface area contributed by atoms with Crippen LogP contribution in [0.4, 0.5) is 0 Å². The molecule has 0 aromatic heterocycles. The van der Waals surface area contributed by atoms with Gasteiger partial charge in [0, 0.05) is 7.11 Å². The fourth-order valence-corrected chi connectivity index (χ4v) is 0.678. The van der Waals surface area contributed by atoms with Crippen LogP contribution in [-0.4, -0.2) is 65.4 Å². The molecular weight excluding hydrogens is 204 g/mol. The second-order valence-corrected chi connectivity index (χ2v) is 2.59. The number of ether oxygens (including phenoxy) is 5. The molecule has 92 valence electrons. The zero-order valence-electron chi connectivity index (χ0n) is 9.15. The summed E-state index contributed by atoms with van der Waals surface area (Å²) in [6.45, 7) is 2.70. The van der Waals surface area contributed by atoms with Gasteiger partial charge >= 0.3 is 0 Å². The molecule has 0 bridgehead atoms. The second kappa shape index (κ2) is 13.8. The van der Waals surface area contributed by atoms with Gasteiger partial charge in [-0.1, -0.05) is 0 Å². The van der Waals surface area contributed by atoms with Crippen LogP contribution in [0.2, 0.25) is 0 Å². The minimum Gasteiger partial charge on any atom is -0.394 e. The standard InChI is InChI=1S/C9H20O6/c1-11-4-5-13-9-15-7-6-14-8-12-3-2-10/h10H,2-9H2,1H3. The van der Waals surface area contributed by atoms with E-state index in [0.717, 1.165) is 0 Å². The normalized spacial score (nSPS) is 10.8. The molecule has 1 N–H and O–H groups in total. The van der Waals surface area contributed by atoms with Crippen LogP contribution in [-0.2, 0) is 23.7 Å². The first kappa shape index (κ1) is 14.8. The molecule has 0 amide bonds. The van der Waals surface area contributed by atoms with E-state index >= 15 is 0 Å². The topological polar surface area (TPSA) is 66.4 Å². The molecule has 0 fully saturated rings. The molecule has 15 heavy (non-hydrogen) atoms. The largest absolute Gasteiger partial charge is 0.394 e. The van der Waals surface area contributed by atoms with E-state index in [9.17, 15) is 0 Å². The van der Waals surface area contributed by atoms with Crippen molar-refractivity contribution in [2.45, 2.75) is 0 Å². The molecule has 0 aliphatic rings. The van der Waals surface area contributed by atoms with Crippen LogP contribution in [0.1, 0.15) is 0 Å². The van der Waals surface area contributed by atoms with Gasteiger partial charge < -0.3 is 28.8 Å². The number of aliphatic hydroxyl groups is 1. The van der Waals surface area contributed by atoms with Gasteiger partial charge in [0.2, 0.25) is 0 Å². The number of aliphatic hydroxyl groups excluding tert-OH is 1. The molecule has 0 rings (SSSR count). The van der Waals surface area contributed by atoms with Gasteiger partial charge in [-0.15, -0.1) is 0 Å². The van der Waals surface area contributed by atoms with Gasteiger partial charge in [0.05, 0.1) is 39.6 Å². The van der Waals surface area contributed by atoms with E-state index in [1.54, 1.807) is 7.11 Å². The van der Waals surface area contributed by atoms with Gasteiger partial charge in [-0.3, -0.25) is 0 Å². The highest BCUT2D eigenvalue weighted by atomic mass is 16.7. The van der Waals surface area contributed by atoms with Crippen molar-refractivity contribution >= 4 is 0 Å². The minimum atomic E-state index is 0.00714. The van der Waals surface area contributed by atoms with Crippen LogP contribution >= 0.6 is 0 Å². The number of hydrogen-bond donors (Lipinski definition) is 1. The molecule has 6 nitrogen and oxygen atoms in total. The molecule has 0 atom stereocenters. The van der Waals surface area contributed by atoms with Gasteiger partial charge in [-0.25, -0.2) is 0 Å². The maximum absolute atomic E-state index is 8.38. The summed E-state index contributed by atoms with van der Waals surface area (Å²) in [4.78, 5) is 0. The molecule has 6 heteroatoms. The highest BCUT2D eigenvalue weighted by molar-refractivity contribution is 4.26. The lowest BCUT2D eigenvalue weighted by Gasteiger charge is -2.06. The molecule has 0 aromatic carbocycles. The Morgan fingerprint density at radius 3 is 1.67 bits per heavy atom. The van der Waals surface area contributed by atoms with Gasteiger partial charge in [0.15, 0.2) is 0 Å². The first-order chi connectivity index (χ1) is 7.41. The van der Waals surface area contributed by atoms with Crippen LogP contribution in [0.5, 0.6) is 0 Å². The summed E-state index contributed by atoms with van der Waals surface area (Å²) in [5.41, 5.74) is 0. The van der Waals surface area contributed by atoms with E-state index in [1.165, 1.54) is 0 Å². The van der Waals surface area contributed by atoms with Gasteiger partial charge in [-0.05, 0) is 0 Å². The predicted molar refractivity (Wildman–Crippen MR) is 52.5 cm³/mol. The summed E-state index contributed by atoms with van der Waals surface area (Å²) in [5, 5.41) is 8.38. The first-order valence-corrected chi connectivity index (χ1v) is 4.82. The zero-order chi connectivity index (χ0) is 11.2. The third-order valence-corrected chi connectivity index (χ3v) is 1.37. The molecule has 0 heterocycles. The van der Waals surface area contributed by atoms with Crippen molar-refractivity contribution in [1.29, 1.82) is 0 Å². The number of hydrogen-bond acceptors (Lipinski definition) is 6. The van der Waals surface area contributed by atoms with Gasteiger partial charge in [0.25, 0.3) is 0 Å². The SMILES string of the molecule is COCCOCOCCOCOCCO. The molecule has 0 radical (unpaired) electrons. The molecule has 0 aliphatic heterocycles. The van der Waals surface area contributed by atoms with E-state index < -0.39 is 0 Å². The Labute approximate surface area is 90.0 Å². The van der Waals surface area contributed by atoms with E-state index in [0.29, 0.717) is 33.0 Å². The molecule has 0 aliphatic carbocycles. The smallest absolute Gasteiger partial charge is 0.146 e. The Hall–Kier alpha value is -0.240. The summed E-state index contributed by atoms with van der Waals surface area (Å²) in [6.07, 6.45) is 0. The molecule has 0 saturated heterocycles. The average Bonchev–Trinajstić information content (AvgIpc) is 2.26. The van der Waals surface area contributed by atoms with Crippen molar-refractivity contribution in [3.63, 3.8) is 0 Å². The highest BCUT2D eigenvalue weighted by Gasteiger charge is 1.90. The van der Waals surface area contributed by atoms with Crippen molar-refractivity contribution in [3.8, 4) is 0 Å². The minimum absolute atomic E-state index is 0.00714. The van der Waals surface area contributed by atoms with Crippen molar-refractivity contribution in [3.05, 3.63) is 0 Å². The maximum atomic E-state index is 8.38. The van der Waals surface area contributed by atoms with Gasteiger partial charge in [-0.2, -0.15) is 0 Å². The Bertz CT molecular complexity index is 98.8. The lowest BCUT2D eigenvalue weighted by molar-refractivity contribution is -0.106. The van der Waals surface area contributed by atoms with E-state index in [-0.39, 0.29) is 20.2 Å².